The minimum Gasteiger partial charge on any atom is -0.372 e. The Morgan fingerprint density at radius 3 is 3.29 bits per heavy atom. The second kappa shape index (κ2) is 5.73. The molecule has 0 saturated heterocycles. The third kappa shape index (κ3) is 2.75. The number of aromatic nitrogens is 3. The summed E-state index contributed by atoms with van der Waals surface area (Å²) in [7, 11) is 0. The second-order valence-corrected chi connectivity index (χ2v) is 4.60. The number of amides is 1. The van der Waals surface area contributed by atoms with E-state index >= 15 is 0 Å². The standard InChI is InChI=1S/C14H13N5O2/c15-3-1-10-2-4-16-12(7-10)18-14(20)11-8-17-13-9-21-6-5-19(11)13/h2,4,7-8H,1,5-6,9H2,(H,16,18,20). The molecule has 1 aliphatic rings. The topological polar surface area (TPSA) is 92.8 Å². The molecule has 0 radical (unpaired) electrons. The van der Waals surface area contributed by atoms with E-state index in [0.29, 0.717) is 31.3 Å². The predicted molar refractivity (Wildman–Crippen MR) is 73.4 cm³/mol. The highest BCUT2D eigenvalue weighted by Gasteiger charge is 2.19. The Morgan fingerprint density at radius 1 is 1.52 bits per heavy atom. The van der Waals surface area contributed by atoms with Crippen molar-refractivity contribution in [3.05, 3.63) is 41.6 Å². The van der Waals surface area contributed by atoms with Gasteiger partial charge < -0.3 is 14.6 Å². The molecule has 1 aliphatic heterocycles. The Hall–Kier alpha value is -2.72. The van der Waals surface area contributed by atoms with Crippen LogP contribution in [0.15, 0.2) is 24.5 Å². The van der Waals surface area contributed by atoms with Gasteiger partial charge in [0.15, 0.2) is 0 Å². The van der Waals surface area contributed by atoms with Crippen molar-refractivity contribution in [3.8, 4) is 6.07 Å². The van der Waals surface area contributed by atoms with E-state index in [4.69, 9.17) is 10.00 Å². The summed E-state index contributed by atoms with van der Waals surface area (Å²) >= 11 is 0. The number of fused-ring (bicyclic) bond motifs is 1. The number of rotatable bonds is 3. The fourth-order valence-electron chi connectivity index (χ4n) is 2.20. The Kier molecular flexibility index (Phi) is 3.62. The van der Waals surface area contributed by atoms with E-state index in [9.17, 15) is 4.79 Å². The average molecular weight is 283 g/mol. The van der Waals surface area contributed by atoms with Gasteiger partial charge in [-0.05, 0) is 17.7 Å². The molecule has 3 heterocycles. The molecule has 7 nitrogen and oxygen atoms in total. The molecule has 0 aliphatic carbocycles. The molecule has 0 saturated carbocycles. The first-order chi connectivity index (χ1) is 10.3. The van der Waals surface area contributed by atoms with Gasteiger partial charge in [-0.25, -0.2) is 9.97 Å². The number of carbonyl (C=O) groups excluding carboxylic acids is 1. The van der Waals surface area contributed by atoms with Crippen LogP contribution in [0.25, 0.3) is 0 Å². The van der Waals surface area contributed by atoms with Crippen LogP contribution in [0.3, 0.4) is 0 Å². The summed E-state index contributed by atoms with van der Waals surface area (Å²) in [4.78, 5) is 20.6. The number of nitrogens with zero attached hydrogens (tertiary/aromatic N) is 4. The maximum absolute atomic E-state index is 12.3. The Labute approximate surface area is 121 Å². The van der Waals surface area contributed by atoms with E-state index in [2.05, 4.69) is 21.4 Å². The number of ether oxygens (including phenoxy) is 1. The molecule has 1 N–H and O–H groups in total. The van der Waals surface area contributed by atoms with Crippen molar-refractivity contribution in [3.63, 3.8) is 0 Å². The fraction of sp³-hybridized carbons (Fsp3) is 0.286. The van der Waals surface area contributed by atoms with Gasteiger partial charge in [-0.15, -0.1) is 0 Å². The summed E-state index contributed by atoms with van der Waals surface area (Å²) in [5.41, 5.74) is 1.30. The van der Waals surface area contributed by atoms with Crippen LogP contribution in [0.5, 0.6) is 0 Å². The smallest absolute Gasteiger partial charge is 0.275 e. The van der Waals surface area contributed by atoms with E-state index < -0.39 is 0 Å². The van der Waals surface area contributed by atoms with Gasteiger partial charge in [-0.2, -0.15) is 5.26 Å². The number of imidazole rings is 1. The number of carbonyl (C=O) groups is 1. The molecule has 0 aromatic carbocycles. The Morgan fingerprint density at radius 2 is 2.43 bits per heavy atom. The molecule has 0 fully saturated rings. The van der Waals surface area contributed by atoms with E-state index in [1.54, 1.807) is 24.5 Å². The summed E-state index contributed by atoms with van der Waals surface area (Å²) in [5.74, 6) is 0.908. The molecule has 0 atom stereocenters. The Balaban J connectivity index is 1.79. The lowest BCUT2D eigenvalue weighted by molar-refractivity contribution is 0.0791. The molecule has 2 aromatic heterocycles. The zero-order valence-electron chi connectivity index (χ0n) is 11.2. The lowest BCUT2D eigenvalue weighted by atomic mass is 10.2. The van der Waals surface area contributed by atoms with Gasteiger partial charge in [-0.1, -0.05) is 0 Å². The van der Waals surface area contributed by atoms with Crippen molar-refractivity contribution < 1.29 is 9.53 Å². The monoisotopic (exact) mass is 283 g/mol. The van der Waals surface area contributed by atoms with Crippen LogP contribution >= 0.6 is 0 Å². The zero-order chi connectivity index (χ0) is 14.7. The molecule has 106 valence electrons. The van der Waals surface area contributed by atoms with Crippen molar-refractivity contribution >= 4 is 11.7 Å². The number of hydrogen-bond acceptors (Lipinski definition) is 5. The fourth-order valence-corrected chi connectivity index (χ4v) is 2.20. The summed E-state index contributed by atoms with van der Waals surface area (Å²) in [5, 5.41) is 11.4. The lowest BCUT2D eigenvalue weighted by Gasteiger charge is -2.16. The maximum atomic E-state index is 12.3. The van der Waals surface area contributed by atoms with Crippen molar-refractivity contribution in [1.82, 2.24) is 14.5 Å². The highest BCUT2D eigenvalue weighted by atomic mass is 16.5. The minimum atomic E-state index is -0.266. The number of pyridine rings is 1. The van der Waals surface area contributed by atoms with Gasteiger partial charge in [0.25, 0.3) is 5.91 Å². The molecule has 7 heteroatoms. The molecule has 0 bridgehead atoms. The number of hydrogen-bond donors (Lipinski definition) is 1. The first kappa shape index (κ1) is 13.3. The van der Waals surface area contributed by atoms with E-state index in [1.807, 2.05) is 4.57 Å². The van der Waals surface area contributed by atoms with Crippen molar-refractivity contribution in [1.29, 1.82) is 5.26 Å². The van der Waals surface area contributed by atoms with Gasteiger partial charge in [0, 0.05) is 12.7 Å². The van der Waals surface area contributed by atoms with Crippen LogP contribution in [0, 0.1) is 11.3 Å². The second-order valence-electron chi connectivity index (χ2n) is 4.60. The third-order valence-electron chi connectivity index (χ3n) is 3.21. The van der Waals surface area contributed by atoms with Gasteiger partial charge in [0.2, 0.25) is 0 Å². The van der Waals surface area contributed by atoms with Crippen molar-refractivity contribution in [2.45, 2.75) is 19.6 Å². The van der Waals surface area contributed by atoms with Gasteiger partial charge in [0.1, 0.15) is 23.9 Å². The quantitative estimate of drug-likeness (QED) is 0.911. The number of nitriles is 1. The summed E-state index contributed by atoms with van der Waals surface area (Å²) < 4.78 is 7.14. The molecule has 0 unspecified atom stereocenters. The van der Waals surface area contributed by atoms with Gasteiger partial charge >= 0.3 is 0 Å². The first-order valence-corrected chi connectivity index (χ1v) is 6.53. The largest absolute Gasteiger partial charge is 0.372 e. The zero-order valence-corrected chi connectivity index (χ0v) is 11.2. The molecule has 2 aromatic rings. The summed E-state index contributed by atoms with van der Waals surface area (Å²) in [6.45, 7) is 1.60. The van der Waals surface area contributed by atoms with Crippen molar-refractivity contribution in [2.24, 2.45) is 0 Å². The molecule has 0 spiro atoms. The van der Waals surface area contributed by atoms with E-state index in [0.717, 1.165) is 11.4 Å². The normalized spacial score (nSPS) is 13.3. The molecule has 3 rings (SSSR count). The summed E-state index contributed by atoms with van der Waals surface area (Å²) in [6.07, 6.45) is 3.39. The van der Waals surface area contributed by atoms with Crippen LogP contribution in [0.2, 0.25) is 0 Å². The summed E-state index contributed by atoms with van der Waals surface area (Å²) in [6, 6.07) is 5.50. The van der Waals surface area contributed by atoms with Crippen LogP contribution in [0.1, 0.15) is 21.9 Å². The van der Waals surface area contributed by atoms with Gasteiger partial charge in [0.05, 0.1) is 25.3 Å². The van der Waals surface area contributed by atoms with E-state index in [-0.39, 0.29) is 12.3 Å². The van der Waals surface area contributed by atoms with Crippen LogP contribution in [0.4, 0.5) is 5.82 Å². The van der Waals surface area contributed by atoms with Crippen LogP contribution < -0.4 is 5.32 Å². The Bertz CT molecular complexity index is 716. The third-order valence-corrected chi connectivity index (χ3v) is 3.21. The van der Waals surface area contributed by atoms with Crippen LogP contribution in [-0.2, 0) is 24.3 Å². The SMILES string of the molecule is N#CCc1ccnc(NC(=O)c2cnc3n2CCOC3)c1. The van der Waals surface area contributed by atoms with Crippen molar-refractivity contribution in [2.75, 3.05) is 11.9 Å². The van der Waals surface area contributed by atoms with Gasteiger partial charge in [-0.3, -0.25) is 4.79 Å². The molecular formula is C14H13N5O2. The van der Waals surface area contributed by atoms with Crippen LogP contribution in [-0.4, -0.2) is 27.0 Å². The number of anilines is 1. The predicted octanol–water partition coefficient (Wildman–Crippen LogP) is 1.13. The lowest BCUT2D eigenvalue weighted by Crippen LogP contribution is -2.23. The van der Waals surface area contributed by atoms with E-state index in [1.165, 1.54) is 0 Å². The first-order valence-electron chi connectivity index (χ1n) is 6.53. The minimum absolute atomic E-state index is 0.266. The molecule has 21 heavy (non-hydrogen) atoms. The molecule has 1 amide bonds. The molecular weight excluding hydrogens is 270 g/mol. The highest BCUT2D eigenvalue weighted by Crippen LogP contribution is 2.14. The average Bonchev–Trinajstić information content (AvgIpc) is 2.92. The number of nitrogens with one attached hydrogen (secondary N) is 1. The maximum Gasteiger partial charge on any atom is 0.275 e. The highest BCUT2D eigenvalue weighted by molar-refractivity contribution is 6.02.